The third-order valence-corrected chi connectivity index (χ3v) is 6.17. The number of aliphatic hydroxyl groups is 1. The lowest BCUT2D eigenvalue weighted by Crippen LogP contribution is -2.32. The lowest BCUT2D eigenvalue weighted by molar-refractivity contribution is -0.0936. The SMILES string of the molecule is C[C@@]12O[C@@](C)(C[C@H]1O)c1c2c(O)n(-c2ccc3ncsc3c2)c1O. The molecule has 0 unspecified atom stereocenters. The molecule has 124 valence electrons. The smallest absolute Gasteiger partial charge is 0.205 e. The summed E-state index contributed by atoms with van der Waals surface area (Å²) in [5, 5.41) is 32.0. The molecule has 6 nitrogen and oxygen atoms in total. The second-order valence-corrected chi connectivity index (χ2v) is 7.78. The van der Waals surface area contributed by atoms with Crippen LogP contribution < -0.4 is 0 Å². The summed E-state index contributed by atoms with van der Waals surface area (Å²) in [6, 6.07) is 5.54. The predicted octanol–water partition coefficient (Wildman–Crippen LogP) is 2.72. The van der Waals surface area contributed by atoms with Crippen LogP contribution in [0.25, 0.3) is 15.9 Å². The highest BCUT2D eigenvalue weighted by Gasteiger charge is 2.64. The van der Waals surface area contributed by atoms with Gasteiger partial charge in [0.15, 0.2) is 0 Å². The summed E-state index contributed by atoms with van der Waals surface area (Å²) in [4.78, 5) is 4.25. The van der Waals surface area contributed by atoms with E-state index in [1.165, 1.54) is 15.9 Å². The van der Waals surface area contributed by atoms with Crippen LogP contribution in [-0.4, -0.2) is 31.0 Å². The Morgan fingerprint density at radius 3 is 2.79 bits per heavy atom. The number of aromatic hydroxyl groups is 2. The number of fused-ring (bicyclic) bond motifs is 6. The summed E-state index contributed by atoms with van der Waals surface area (Å²) >= 11 is 1.50. The first kappa shape index (κ1) is 14.3. The van der Waals surface area contributed by atoms with E-state index in [0.717, 1.165) is 10.2 Å². The molecule has 0 saturated carbocycles. The lowest BCUT2D eigenvalue weighted by atomic mass is 9.78. The third kappa shape index (κ3) is 1.46. The van der Waals surface area contributed by atoms with Crippen molar-refractivity contribution in [3.63, 3.8) is 0 Å². The Balaban J connectivity index is 1.80. The number of aromatic nitrogens is 2. The summed E-state index contributed by atoms with van der Waals surface area (Å²) in [5.74, 6) is -0.124. The van der Waals surface area contributed by atoms with Crippen molar-refractivity contribution in [3.8, 4) is 17.4 Å². The average Bonchev–Trinajstić information content (AvgIpc) is 3.19. The molecule has 3 atom stereocenters. The molecule has 1 saturated heterocycles. The Morgan fingerprint density at radius 1 is 1.25 bits per heavy atom. The third-order valence-electron chi connectivity index (χ3n) is 5.38. The largest absolute Gasteiger partial charge is 0.494 e. The molecule has 2 bridgehead atoms. The summed E-state index contributed by atoms with van der Waals surface area (Å²) in [5.41, 5.74) is 2.52. The molecule has 2 aliphatic heterocycles. The van der Waals surface area contributed by atoms with Crippen molar-refractivity contribution >= 4 is 21.6 Å². The Morgan fingerprint density at radius 2 is 2.00 bits per heavy atom. The number of thiazole rings is 1. The first-order valence-corrected chi connectivity index (χ1v) is 8.62. The van der Waals surface area contributed by atoms with Crippen molar-refractivity contribution in [1.29, 1.82) is 0 Å². The van der Waals surface area contributed by atoms with Gasteiger partial charge in [-0.3, -0.25) is 4.57 Å². The van der Waals surface area contributed by atoms with Crippen molar-refractivity contribution in [2.45, 2.75) is 37.6 Å². The van der Waals surface area contributed by atoms with Crippen LogP contribution in [0.1, 0.15) is 31.4 Å². The monoisotopic (exact) mass is 344 g/mol. The highest BCUT2D eigenvalue weighted by Crippen LogP contribution is 2.64. The van der Waals surface area contributed by atoms with Gasteiger partial charge in [0.2, 0.25) is 11.8 Å². The van der Waals surface area contributed by atoms with Gasteiger partial charge in [-0.2, -0.15) is 0 Å². The lowest BCUT2D eigenvalue weighted by Gasteiger charge is -2.25. The Labute approximate surface area is 141 Å². The van der Waals surface area contributed by atoms with Crippen LogP contribution in [-0.2, 0) is 15.9 Å². The van der Waals surface area contributed by atoms with Gasteiger partial charge in [-0.05, 0) is 32.0 Å². The molecule has 0 aliphatic carbocycles. The predicted molar refractivity (Wildman–Crippen MR) is 88.7 cm³/mol. The maximum absolute atomic E-state index is 10.8. The normalized spacial score (nSPS) is 31.0. The first-order chi connectivity index (χ1) is 11.3. The molecule has 3 N–H and O–H groups in total. The van der Waals surface area contributed by atoms with E-state index in [2.05, 4.69) is 4.98 Å². The average molecular weight is 344 g/mol. The minimum atomic E-state index is -1.01. The number of benzene rings is 1. The highest BCUT2D eigenvalue weighted by molar-refractivity contribution is 7.16. The quantitative estimate of drug-likeness (QED) is 0.632. The molecule has 7 heteroatoms. The van der Waals surface area contributed by atoms with Crippen LogP contribution in [0.5, 0.6) is 11.8 Å². The fourth-order valence-electron chi connectivity index (χ4n) is 4.26. The number of hydrogen-bond acceptors (Lipinski definition) is 6. The Kier molecular flexibility index (Phi) is 2.44. The molecule has 0 radical (unpaired) electrons. The summed E-state index contributed by atoms with van der Waals surface area (Å²) in [7, 11) is 0. The van der Waals surface area contributed by atoms with Gasteiger partial charge in [-0.15, -0.1) is 11.3 Å². The number of rotatable bonds is 1. The molecule has 2 aromatic heterocycles. The molecule has 1 aromatic carbocycles. The standard InChI is InChI=1S/C17H16N2O4S/c1-16-6-11(20)17(2,23-16)13-12(16)14(21)19(15(13)22)8-3-4-9-10(5-8)24-7-18-9/h3-5,7,11,20-22H,6H2,1-2H3/t11-,16+,17-/m1/s1. The van der Waals surface area contributed by atoms with Crippen LogP contribution in [0.3, 0.4) is 0 Å². The van der Waals surface area contributed by atoms with Gasteiger partial charge >= 0.3 is 0 Å². The van der Waals surface area contributed by atoms with Crippen molar-refractivity contribution in [2.75, 3.05) is 0 Å². The fourth-order valence-corrected chi connectivity index (χ4v) is 4.97. The molecule has 5 rings (SSSR count). The number of hydrogen-bond donors (Lipinski definition) is 3. The van der Waals surface area contributed by atoms with E-state index in [1.807, 2.05) is 19.1 Å². The van der Waals surface area contributed by atoms with Crippen LogP contribution in [0, 0.1) is 0 Å². The van der Waals surface area contributed by atoms with Gasteiger partial charge in [0.25, 0.3) is 0 Å². The van der Waals surface area contributed by atoms with Crippen molar-refractivity contribution in [1.82, 2.24) is 9.55 Å². The Hall–Kier alpha value is -2.09. The number of aliphatic hydroxyl groups excluding tert-OH is 1. The van der Waals surface area contributed by atoms with Gasteiger partial charge < -0.3 is 20.1 Å². The minimum absolute atomic E-state index is 0.0375. The molecule has 24 heavy (non-hydrogen) atoms. The second kappa shape index (κ2) is 4.11. The summed E-state index contributed by atoms with van der Waals surface area (Å²) in [6.45, 7) is 3.59. The zero-order valence-electron chi connectivity index (χ0n) is 13.1. The maximum Gasteiger partial charge on any atom is 0.205 e. The zero-order chi connectivity index (χ0) is 16.9. The summed E-state index contributed by atoms with van der Waals surface area (Å²) < 4.78 is 8.38. The van der Waals surface area contributed by atoms with E-state index in [0.29, 0.717) is 23.2 Å². The van der Waals surface area contributed by atoms with Gasteiger partial charge in [-0.25, -0.2) is 4.98 Å². The molecule has 3 aromatic rings. The van der Waals surface area contributed by atoms with Crippen LogP contribution in [0.15, 0.2) is 23.7 Å². The molecule has 0 spiro atoms. The van der Waals surface area contributed by atoms with Gasteiger partial charge in [0, 0.05) is 6.42 Å². The highest BCUT2D eigenvalue weighted by atomic mass is 32.1. The maximum atomic E-state index is 10.8. The topological polar surface area (TPSA) is 87.7 Å². The molecule has 1 fully saturated rings. The van der Waals surface area contributed by atoms with Crippen LogP contribution in [0.2, 0.25) is 0 Å². The van der Waals surface area contributed by atoms with E-state index in [1.54, 1.807) is 18.5 Å². The number of ether oxygens (including phenoxy) is 1. The second-order valence-electron chi connectivity index (χ2n) is 6.90. The molecule has 2 aliphatic rings. The number of nitrogens with zero attached hydrogens (tertiary/aromatic N) is 2. The van der Waals surface area contributed by atoms with E-state index in [-0.39, 0.29) is 11.8 Å². The molecule has 0 amide bonds. The first-order valence-electron chi connectivity index (χ1n) is 7.74. The molecule has 4 heterocycles. The molecular weight excluding hydrogens is 328 g/mol. The fraction of sp³-hybridized carbons (Fsp3) is 0.353. The van der Waals surface area contributed by atoms with Gasteiger partial charge in [0.05, 0.1) is 44.2 Å². The van der Waals surface area contributed by atoms with Crippen molar-refractivity contribution in [3.05, 3.63) is 34.8 Å². The van der Waals surface area contributed by atoms with E-state index < -0.39 is 17.3 Å². The minimum Gasteiger partial charge on any atom is -0.494 e. The van der Waals surface area contributed by atoms with Crippen LogP contribution in [0.4, 0.5) is 0 Å². The van der Waals surface area contributed by atoms with Crippen molar-refractivity contribution < 1.29 is 20.1 Å². The van der Waals surface area contributed by atoms with Crippen molar-refractivity contribution in [2.24, 2.45) is 0 Å². The zero-order valence-corrected chi connectivity index (χ0v) is 14.0. The van der Waals surface area contributed by atoms with E-state index in [9.17, 15) is 15.3 Å². The van der Waals surface area contributed by atoms with E-state index >= 15 is 0 Å². The summed E-state index contributed by atoms with van der Waals surface area (Å²) in [6.07, 6.45) is -0.332. The van der Waals surface area contributed by atoms with E-state index in [4.69, 9.17) is 4.74 Å². The molecular formula is C17H16N2O4S. The van der Waals surface area contributed by atoms with Gasteiger partial charge in [0.1, 0.15) is 5.60 Å². The van der Waals surface area contributed by atoms with Gasteiger partial charge in [-0.1, -0.05) is 0 Å². The van der Waals surface area contributed by atoms with Crippen LogP contribution >= 0.6 is 11.3 Å². The Bertz CT molecular complexity index is 1010.